The smallest absolute Gasteiger partial charge is 0.269 e. The highest BCUT2D eigenvalue weighted by Crippen LogP contribution is 2.22. The summed E-state index contributed by atoms with van der Waals surface area (Å²) in [5.74, 6) is 1.41. The van der Waals surface area contributed by atoms with E-state index < -0.39 is 0 Å². The van der Waals surface area contributed by atoms with Gasteiger partial charge in [0.15, 0.2) is 0 Å². The third kappa shape index (κ3) is 4.66. The van der Waals surface area contributed by atoms with Crippen LogP contribution >= 0.6 is 0 Å². The number of hydrogen-bond acceptors (Lipinski definition) is 5. The minimum absolute atomic E-state index is 0.142. The highest BCUT2D eigenvalue weighted by atomic mass is 16.5. The third-order valence-corrected chi connectivity index (χ3v) is 4.47. The van der Waals surface area contributed by atoms with E-state index >= 15 is 0 Å². The summed E-state index contributed by atoms with van der Waals surface area (Å²) in [6.45, 7) is 6.13. The van der Waals surface area contributed by atoms with E-state index in [1.807, 2.05) is 12.1 Å². The van der Waals surface area contributed by atoms with Gasteiger partial charge >= 0.3 is 0 Å². The predicted octanol–water partition coefficient (Wildman–Crippen LogP) is 2.23. The Morgan fingerprint density at radius 1 is 1.42 bits per heavy atom. The Morgan fingerprint density at radius 3 is 3.00 bits per heavy atom. The van der Waals surface area contributed by atoms with Crippen LogP contribution in [0.25, 0.3) is 0 Å². The molecule has 0 saturated carbocycles. The van der Waals surface area contributed by atoms with Crippen LogP contribution in [-0.4, -0.2) is 38.9 Å². The largest absolute Gasteiger partial charge is 0.381 e. The van der Waals surface area contributed by atoms with Crippen molar-refractivity contribution < 1.29 is 9.53 Å². The molecule has 1 atom stereocenters. The van der Waals surface area contributed by atoms with Gasteiger partial charge in [-0.2, -0.15) is 5.10 Å². The van der Waals surface area contributed by atoms with E-state index in [2.05, 4.69) is 34.2 Å². The normalized spacial score (nSPS) is 17.5. The van der Waals surface area contributed by atoms with Gasteiger partial charge in [0.1, 0.15) is 11.5 Å². The zero-order valence-corrected chi connectivity index (χ0v) is 15.7. The lowest BCUT2D eigenvalue weighted by atomic mass is 10.0. The minimum Gasteiger partial charge on any atom is -0.381 e. The van der Waals surface area contributed by atoms with Gasteiger partial charge in [-0.25, -0.2) is 9.97 Å². The molecule has 0 bridgehead atoms. The maximum absolute atomic E-state index is 12.5. The van der Waals surface area contributed by atoms with Crippen LogP contribution in [0.2, 0.25) is 0 Å². The monoisotopic (exact) mass is 357 g/mol. The molecule has 2 aromatic heterocycles. The van der Waals surface area contributed by atoms with Crippen molar-refractivity contribution in [2.45, 2.75) is 45.6 Å². The SMILES string of the molecule is CC(C)Cc1cc(C(=O)NCc2ccnc([C@@H]3CCCOC3)n2)n(C)n1. The highest BCUT2D eigenvalue weighted by Gasteiger charge is 2.19. The van der Waals surface area contributed by atoms with Crippen molar-refractivity contribution in [1.29, 1.82) is 0 Å². The van der Waals surface area contributed by atoms with Gasteiger partial charge in [0.25, 0.3) is 5.91 Å². The zero-order chi connectivity index (χ0) is 18.5. The number of hydrogen-bond donors (Lipinski definition) is 1. The molecule has 26 heavy (non-hydrogen) atoms. The fraction of sp³-hybridized carbons (Fsp3) is 0.579. The van der Waals surface area contributed by atoms with E-state index in [0.717, 1.165) is 43.1 Å². The Kier molecular flexibility index (Phi) is 5.98. The van der Waals surface area contributed by atoms with Crippen LogP contribution in [-0.2, 0) is 24.8 Å². The first kappa shape index (κ1) is 18.5. The van der Waals surface area contributed by atoms with Crippen LogP contribution in [0.15, 0.2) is 18.3 Å². The number of ether oxygens (including phenoxy) is 1. The zero-order valence-electron chi connectivity index (χ0n) is 15.7. The van der Waals surface area contributed by atoms with Crippen LogP contribution in [0.4, 0.5) is 0 Å². The second-order valence-corrected chi connectivity index (χ2v) is 7.25. The van der Waals surface area contributed by atoms with E-state index in [1.165, 1.54) is 0 Å². The van der Waals surface area contributed by atoms with Crippen molar-refractivity contribution >= 4 is 5.91 Å². The summed E-state index contributed by atoms with van der Waals surface area (Å²) in [6.07, 6.45) is 4.70. The van der Waals surface area contributed by atoms with Gasteiger partial charge < -0.3 is 10.1 Å². The van der Waals surface area contributed by atoms with Crippen molar-refractivity contribution in [3.8, 4) is 0 Å². The summed E-state index contributed by atoms with van der Waals surface area (Å²) in [5.41, 5.74) is 2.31. The lowest BCUT2D eigenvalue weighted by Crippen LogP contribution is -2.26. The molecular formula is C19H27N5O2. The molecule has 0 unspecified atom stereocenters. The Bertz CT molecular complexity index is 750. The summed E-state index contributed by atoms with van der Waals surface area (Å²) in [6, 6.07) is 3.70. The average Bonchev–Trinajstić information content (AvgIpc) is 3.00. The average molecular weight is 357 g/mol. The van der Waals surface area contributed by atoms with Crippen molar-refractivity contribution in [3.63, 3.8) is 0 Å². The van der Waals surface area contributed by atoms with Crippen LogP contribution < -0.4 is 5.32 Å². The number of carbonyl (C=O) groups excluding carboxylic acids is 1. The van der Waals surface area contributed by atoms with Crippen molar-refractivity contribution in [1.82, 2.24) is 25.1 Å². The quantitative estimate of drug-likeness (QED) is 0.857. The van der Waals surface area contributed by atoms with Gasteiger partial charge in [0, 0.05) is 25.8 Å². The molecule has 1 amide bonds. The fourth-order valence-corrected chi connectivity index (χ4v) is 3.17. The molecule has 1 aliphatic heterocycles. The van der Waals surface area contributed by atoms with Crippen molar-refractivity contribution in [2.75, 3.05) is 13.2 Å². The summed E-state index contributed by atoms with van der Waals surface area (Å²) >= 11 is 0. The lowest BCUT2D eigenvalue weighted by Gasteiger charge is -2.20. The van der Waals surface area contributed by atoms with Crippen LogP contribution in [0.1, 0.15) is 60.3 Å². The first-order valence-corrected chi connectivity index (χ1v) is 9.23. The second kappa shape index (κ2) is 8.40. The minimum atomic E-state index is -0.142. The van der Waals surface area contributed by atoms with E-state index in [0.29, 0.717) is 24.8 Å². The van der Waals surface area contributed by atoms with E-state index in [-0.39, 0.29) is 11.8 Å². The standard InChI is InChI=1S/C19H27N5O2/c1-13(2)9-16-10-17(24(3)23-16)19(25)21-11-15-6-7-20-18(22-15)14-5-4-8-26-12-14/h6-7,10,13-14H,4-5,8-9,11-12H2,1-3H3,(H,21,25)/t14-/m1/s1. The van der Waals surface area contributed by atoms with Crippen molar-refractivity contribution in [3.05, 3.63) is 41.2 Å². The van der Waals surface area contributed by atoms with Gasteiger partial charge in [-0.15, -0.1) is 0 Å². The number of rotatable bonds is 6. The predicted molar refractivity (Wildman–Crippen MR) is 97.7 cm³/mol. The van der Waals surface area contributed by atoms with Gasteiger partial charge in [0.2, 0.25) is 0 Å². The molecule has 0 radical (unpaired) electrons. The number of amides is 1. The first-order chi connectivity index (χ1) is 12.5. The molecule has 0 aromatic carbocycles. The van der Waals surface area contributed by atoms with E-state index in [1.54, 1.807) is 17.9 Å². The number of aryl methyl sites for hydroxylation is 1. The van der Waals surface area contributed by atoms with Gasteiger partial charge in [-0.3, -0.25) is 9.48 Å². The van der Waals surface area contributed by atoms with Gasteiger partial charge in [-0.1, -0.05) is 13.8 Å². The Labute approximate surface area is 154 Å². The Balaban J connectivity index is 1.62. The molecule has 7 heteroatoms. The summed E-state index contributed by atoms with van der Waals surface area (Å²) in [7, 11) is 1.80. The maximum atomic E-state index is 12.5. The maximum Gasteiger partial charge on any atom is 0.269 e. The van der Waals surface area contributed by atoms with Gasteiger partial charge in [-0.05, 0) is 37.3 Å². The molecule has 7 nitrogen and oxygen atoms in total. The molecule has 140 valence electrons. The van der Waals surface area contributed by atoms with Gasteiger partial charge in [0.05, 0.1) is 24.5 Å². The summed E-state index contributed by atoms with van der Waals surface area (Å²) in [5, 5.41) is 7.35. The molecule has 1 N–H and O–H groups in total. The lowest BCUT2D eigenvalue weighted by molar-refractivity contribution is 0.0779. The Hall–Kier alpha value is -2.28. The summed E-state index contributed by atoms with van der Waals surface area (Å²) < 4.78 is 7.15. The molecule has 3 heterocycles. The molecular weight excluding hydrogens is 330 g/mol. The summed E-state index contributed by atoms with van der Waals surface area (Å²) in [4.78, 5) is 21.5. The molecule has 3 rings (SSSR count). The number of nitrogens with one attached hydrogen (secondary N) is 1. The highest BCUT2D eigenvalue weighted by molar-refractivity contribution is 5.92. The molecule has 1 aliphatic rings. The fourth-order valence-electron chi connectivity index (χ4n) is 3.17. The Morgan fingerprint density at radius 2 is 2.27 bits per heavy atom. The van der Waals surface area contributed by atoms with E-state index in [9.17, 15) is 4.79 Å². The topological polar surface area (TPSA) is 81.9 Å². The molecule has 2 aromatic rings. The van der Waals surface area contributed by atoms with Crippen molar-refractivity contribution in [2.24, 2.45) is 13.0 Å². The number of aromatic nitrogens is 4. The molecule has 0 aliphatic carbocycles. The van der Waals surface area contributed by atoms with Crippen LogP contribution in [0, 0.1) is 5.92 Å². The van der Waals surface area contributed by atoms with Crippen LogP contribution in [0.3, 0.4) is 0 Å². The third-order valence-electron chi connectivity index (χ3n) is 4.47. The molecule has 1 saturated heterocycles. The molecule has 1 fully saturated rings. The molecule has 0 spiro atoms. The number of carbonyl (C=O) groups is 1. The van der Waals surface area contributed by atoms with E-state index in [4.69, 9.17) is 4.74 Å². The van der Waals surface area contributed by atoms with Crippen LogP contribution in [0.5, 0.6) is 0 Å². The number of nitrogens with zero attached hydrogens (tertiary/aromatic N) is 4. The first-order valence-electron chi connectivity index (χ1n) is 9.23. The second-order valence-electron chi connectivity index (χ2n) is 7.25.